The van der Waals surface area contributed by atoms with Crippen LogP contribution < -0.4 is 15.0 Å². The number of fused-ring (bicyclic) bond motifs is 5. The van der Waals surface area contributed by atoms with E-state index in [0.29, 0.717) is 22.7 Å². The van der Waals surface area contributed by atoms with E-state index in [2.05, 4.69) is 20.7 Å². The van der Waals surface area contributed by atoms with Crippen LogP contribution in [0.25, 0.3) is 22.4 Å². The molecule has 6 rings (SSSR count). The summed E-state index contributed by atoms with van der Waals surface area (Å²) in [7, 11) is 3.19. The highest BCUT2D eigenvalue weighted by molar-refractivity contribution is 6.16. The normalized spacial score (nSPS) is 15.8. The van der Waals surface area contributed by atoms with E-state index >= 15 is 0 Å². The fourth-order valence-electron chi connectivity index (χ4n) is 5.24. The highest BCUT2D eigenvalue weighted by atomic mass is 16.5. The van der Waals surface area contributed by atoms with Crippen molar-refractivity contribution in [2.45, 2.75) is 25.3 Å². The average Bonchev–Trinajstić information content (AvgIpc) is 3.55. The molecule has 1 atom stereocenters. The van der Waals surface area contributed by atoms with E-state index in [4.69, 9.17) is 9.26 Å². The van der Waals surface area contributed by atoms with E-state index < -0.39 is 11.5 Å². The van der Waals surface area contributed by atoms with Crippen LogP contribution in [0.15, 0.2) is 53.3 Å². The van der Waals surface area contributed by atoms with Gasteiger partial charge in [0, 0.05) is 23.7 Å². The monoisotopic (exact) mass is 469 g/mol. The van der Waals surface area contributed by atoms with Crippen LogP contribution in [0.4, 0.5) is 5.69 Å². The molecule has 35 heavy (non-hydrogen) atoms. The van der Waals surface area contributed by atoms with Crippen LogP contribution in [0.1, 0.15) is 47.2 Å². The van der Waals surface area contributed by atoms with Crippen LogP contribution in [0.3, 0.4) is 0 Å². The Morgan fingerprint density at radius 1 is 1.14 bits per heavy atom. The van der Waals surface area contributed by atoms with E-state index in [1.54, 1.807) is 25.3 Å². The highest BCUT2D eigenvalue weighted by Gasteiger charge is 2.49. The Hall–Kier alpha value is -4.40. The minimum Gasteiger partial charge on any atom is -0.496 e. The zero-order valence-electron chi connectivity index (χ0n) is 19.7. The van der Waals surface area contributed by atoms with Gasteiger partial charge in [-0.2, -0.15) is 5.10 Å². The zero-order chi connectivity index (χ0) is 24.5. The Labute approximate surface area is 201 Å². The summed E-state index contributed by atoms with van der Waals surface area (Å²) in [4.78, 5) is 28.5. The molecule has 2 N–H and O–H groups in total. The molecule has 0 saturated carbocycles. The zero-order valence-corrected chi connectivity index (χ0v) is 19.7. The van der Waals surface area contributed by atoms with Gasteiger partial charge < -0.3 is 14.6 Å². The van der Waals surface area contributed by atoms with Gasteiger partial charge in [0.25, 0.3) is 5.91 Å². The predicted octanol–water partition coefficient (Wildman–Crippen LogP) is 3.83. The molecule has 0 bridgehead atoms. The van der Waals surface area contributed by atoms with Crippen molar-refractivity contribution in [3.63, 3.8) is 0 Å². The van der Waals surface area contributed by atoms with Gasteiger partial charge in [-0.25, -0.2) is 0 Å². The standard InChI is InChI=1S/C26H23N5O4/c1-26(2,25(33)27-3)23-19-21(28-29-23)24(32)31(22(19)14-8-5-6-11-17(14)34-4)16-10-7-9-13-15-12-35-30-20(15)18(13)16/h5-12,22H,1-4H3,(H,27,33)(H,28,29). The van der Waals surface area contributed by atoms with Gasteiger partial charge in [-0.3, -0.25) is 19.6 Å². The van der Waals surface area contributed by atoms with Crippen LogP contribution >= 0.6 is 0 Å². The number of nitrogens with zero attached hydrogens (tertiary/aromatic N) is 3. The lowest BCUT2D eigenvalue weighted by molar-refractivity contribution is -0.125. The number of likely N-dealkylation sites (N-methyl/N-ethyl adjacent to an activating group) is 1. The van der Waals surface area contributed by atoms with Crippen molar-refractivity contribution in [1.82, 2.24) is 20.7 Å². The number of carbonyl (C=O) groups excluding carboxylic acids is 2. The number of ether oxygens (including phenoxy) is 1. The van der Waals surface area contributed by atoms with Crippen molar-refractivity contribution < 1.29 is 18.8 Å². The second-order valence-electron chi connectivity index (χ2n) is 9.16. The molecule has 2 amide bonds. The first-order valence-electron chi connectivity index (χ1n) is 11.3. The molecule has 0 fully saturated rings. The molecular weight excluding hydrogens is 446 g/mol. The molecule has 0 saturated heterocycles. The summed E-state index contributed by atoms with van der Waals surface area (Å²) < 4.78 is 10.9. The minimum atomic E-state index is -0.965. The molecule has 4 aromatic rings. The molecule has 1 unspecified atom stereocenters. The molecule has 0 radical (unpaired) electrons. The van der Waals surface area contributed by atoms with Crippen molar-refractivity contribution in [3.8, 4) is 28.1 Å². The second kappa shape index (κ2) is 7.30. The molecule has 9 heteroatoms. The number of methoxy groups -OCH3 is 1. The number of aromatic amines is 1. The number of anilines is 1. The van der Waals surface area contributed by atoms with E-state index in [0.717, 1.165) is 27.9 Å². The fourth-order valence-corrected chi connectivity index (χ4v) is 5.24. The first-order chi connectivity index (χ1) is 16.9. The summed E-state index contributed by atoms with van der Waals surface area (Å²) in [5, 5.41) is 14.3. The van der Waals surface area contributed by atoms with Crippen molar-refractivity contribution in [1.29, 1.82) is 0 Å². The van der Waals surface area contributed by atoms with Gasteiger partial charge in [0.2, 0.25) is 5.91 Å². The first-order valence-corrected chi connectivity index (χ1v) is 11.3. The summed E-state index contributed by atoms with van der Waals surface area (Å²) in [5.41, 5.74) is 5.51. The van der Waals surface area contributed by atoms with Gasteiger partial charge in [0.15, 0.2) is 5.69 Å². The summed E-state index contributed by atoms with van der Waals surface area (Å²) in [6.45, 7) is 3.62. The lowest BCUT2D eigenvalue weighted by Gasteiger charge is -2.32. The Kier molecular flexibility index (Phi) is 4.41. The molecule has 1 aliphatic heterocycles. The molecule has 9 nitrogen and oxygen atoms in total. The molecule has 2 aromatic carbocycles. The first kappa shape index (κ1) is 21.2. The van der Waals surface area contributed by atoms with E-state index in [1.807, 2.05) is 56.3 Å². The largest absolute Gasteiger partial charge is 0.496 e. The average molecular weight is 470 g/mol. The highest BCUT2D eigenvalue weighted by Crippen LogP contribution is 2.55. The maximum atomic E-state index is 14.0. The van der Waals surface area contributed by atoms with Crippen molar-refractivity contribution >= 4 is 17.5 Å². The minimum absolute atomic E-state index is 0.190. The third-order valence-corrected chi connectivity index (χ3v) is 7.01. The molecule has 2 aliphatic rings. The van der Waals surface area contributed by atoms with Crippen molar-refractivity contribution in [2.75, 3.05) is 19.1 Å². The Morgan fingerprint density at radius 3 is 2.71 bits per heavy atom. The maximum Gasteiger partial charge on any atom is 0.280 e. The molecule has 1 aliphatic carbocycles. The molecular formula is C26H23N5O4. The third kappa shape index (κ3) is 2.69. The third-order valence-electron chi connectivity index (χ3n) is 7.01. The van der Waals surface area contributed by atoms with Crippen molar-refractivity contribution in [3.05, 3.63) is 71.2 Å². The number of benzene rings is 2. The van der Waals surface area contributed by atoms with Gasteiger partial charge in [0.05, 0.1) is 35.5 Å². The number of rotatable bonds is 5. The summed E-state index contributed by atoms with van der Waals surface area (Å²) in [6, 6.07) is 12.8. The number of H-pyrrole nitrogens is 1. The predicted molar refractivity (Wildman–Crippen MR) is 128 cm³/mol. The van der Waals surface area contributed by atoms with Gasteiger partial charge in [-0.15, -0.1) is 0 Å². The van der Waals surface area contributed by atoms with Crippen molar-refractivity contribution in [2.24, 2.45) is 0 Å². The van der Waals surface area contributed by atoms with Crippen LogP contribution in [0.2, 0.25) is 0 Å². The quantitative estimate of drug-likeness (QED) is 0.405. The van der Waals surface area contributed by atoms with Crippen LogP contribution in [-0.4, -0.2) is 41.3 Å². The maximum absolute atomic E-state index is 14.0. The number of hydrogen-bond donors (Lipinski definition) is 2. The molecule has 3 heterocycles. The van der Waals surface area contributed by atoms with E-state index in [-0.39, 0.29) is 17.5 Å². The number of nitrogens with one attached hydrogen (secondary N) is 2. The van der Waals surface area contributed by atoms with E-state index in [1.165, 1.54) is 0 Å². The summed E-state index contributed by atoms with van der Waals surface area (Å²) in [6.07, 6.45) is 1.61. The van der Waals surface area contributed by atoms with Crippen LogP contribution in [0.5, 0.6) is 5.75 Å². The Balaban J connectivity index is 1.61. The second-order valence-corrected chi connectivity index (χ2v) is 9.16. The SMILES string of the molecule is CNC(=O)C(C)(C)c1[nH]nc2c1C(c1ccccc1OC)N(c1cccc3c1-c1nocc1-3)C2=O. The Bertz CT molecular complexity index is 1520. The van der Waals surface area contributed by atoms with Gasteiger partial charge in [0.1, 0.15) is 17.7 Å². The lowest BCUT2D eigenvalue weighted by atomic mass is 9.82. The van der Waals surface area contributed by atoms with Crippen LogP contribution in [-0.2, 0) is 10.2 Å². The number of aromatic nitrogens is 3. The number of para-hydroxylation sites is 1. The van der Waals surface area contributed by atoms with Gasteiger partial charge in [-0.1, -0.05) is 35.5 Å². The van der Waals surface area contributed by atoms with Gasteiger partial charge in [-0.05, 0) is 31.5 Å². The summed E-state index contributed by atoms with van der Waals surface area (Å²) >= 11 is 0. The van der Waals surface area contributed by atoms with E-state index in [9.17, 15) is 9.59 Å². The van der Waals surface area contributed by atoms with Gasteiger partial charge >= 0.3 is 0 Å². The molecule has 2 aromatic heterocycles. The topological polar surface area (TPSA) is 113 Å². The molecule has 176 valence electrons. The fraction of sp³-hybridized carbons (Fsp3) is 0.231. The van der Waals surface area contributed by atoms with Crippen LogP contribution in [0, 0.1) is 0 Å². The summed E-state index contributed by atoms with van der Waals surface area (Å²) in [5.74, 6) is 0.172. The number of amides is 2. The number of hydrogen-bond acceptors (Lipinski definition) is 6. The lowest BCUT2D eigenvalue weighted by Crippen LogP contribution is -2.39. The Morgan fingerprint density at radius 2 is 1.94 bits per heavy atom. The number of carbonyl (C=O) groups is 2. The smallest absolute Gasteiger partial charge is 0.280 e. The molecule has 0 spiro atoms.